The zero-order valence-corrected chi connectivity index (χ0v) is 16.5. The molecule has 0 fully saturated rings. The molecule has 0 saturated heterocycles. The fraction of sp³-hybridized carbons (Fsp3) is 0.0476. The molecular formula is C21H15FN4O3S. The quantitative estimate of drug-likeness (QED) is 0.540. The highest BCUT2D eigenvalue weighted by atomic mass is 32.2. The number of carbonyl (C=O) groups excluding carboxylic acids is 1. The van der Waals surface area contributed by atoms with Crippen molar-refractivity contribution >= 4 is 32.5 Å². The molecule has 0 unspecified atom stereocenters. The van der Waals surface area contributed by atoms with E-state index in [1.165, 1.54) is 30.3 Å². The minimum Gasteiger partial charge on any atom is -0.305 e. The Hall–Kier alpha value is -3.72. The fourth-order valence-electron chi connectivity index (χ4n) is 2.91. The average molecular weight is 422 g/mol. The first kappa shape index (κ1) is 19.6. The number of fused-ring (bicyclic) bond motifs is 1. The number of benzene rings is 2. The number of rotatable bonds is 4. The molecule has 0 aliphatic heterocycles. The highest BCUT2D eigenvalue weighted by molar-refractivity contribution is 7.90. The summed E-state index contributed by atoms with van der Waals surface area (Å²) in [4.78, 5) is 17.4. The molecule has 1 amide bonds. The number of halogens is 1. The maximum atomic E-state index is 13.8. The molecule has 30 heavy (non-hydrogen) atoms. The maximum absolute atomic E-state index is 13.8. The van der Waals surface area contributed by atoms with E-state index in [2.05, 4.69) is 20.5 Å². The highest BCUT2D eigenvalue weighted by Crippen LogP contribution is 2.26. The lowest BCUT2D eigenvalue weighted by atomic mass is 10.0. The molecule has 150 valence electrons. The lowest BCUT2D eigenvalue weighted by Crippen LogP contribution is -2.15. The first-order valence-corrected chi connectivity index (χ1v) is 10.7. The third-order valence-electron chi connectivity index (χ3n) is 4.35. The Morgan fingerprint density at radius 2 is 1.73 bits per heavy atom. The molecule has 4 rings (SSSR count). The van der Waals surface area contributed by atoms with Gasteiger partial charge in [-0.15, -0.1) is 10.2 Å². The first-order chi connectivity index (χ1) is 14.3. The minimum absolute atomic E-state index is 0.0840. The number of aromatic nitrogens is 3. The number of sulfone groups is 1. The van der Waals surface area contributed by atoms with Crippen LogP contribution in [0.25, 0.3) is 22.2 Å². The van der Waals surface area contributed by atoms with Crippen molar-refractivity contribution in [1.82, 2.24) is 15.2 Å². The van der Waals surface area contributed by atoms with Crippen LogP contribution in [0.1, 0.15) is 10.4 Å². The molecule has 2 heterocycles. The molecule has 0 saturated carbocycles. The van der Waals surface area contributed by atoms with Crippen molar-refractivity contribution in [2.75, 3.05) is 11.6 Å². The van der Waals surface area contributed by atoms with Gasteiger partial charge in [0, 0.05) is 23.3 Å². The Labute approximate surface area is 171 Å². The van der Waals surface area contributed by atoms with Gasteiger partial charge in [0.1, 0.15) is 5.82 Å². The van der Waals surface area contributed by atoms with Crippen LogP contribution in [0, 0.1) is 5.82 Å². The van der Waals surface area contributed by atoms with Crippen molar-refractivity contribution in [1.29, 1.82) is 0 Å². The lowest BCUT2D eigenvalue weighted by Gasteiger charge is -2.10. The summed E-state index contributed by atoms with van der Waals surface area (Å²) in [5.41, 5.74) is 1.89. The van der Waals surface area contributed by atoms with Crippen LogP contribution in [-0.4, -0.2) is 35.8 Å². The number of nitrogens with one attached hydrogen (secondary N) is 1. The molecule has 0 radical (unpaired) electrons. The van der Waals surface area contributed by atoms with E-state index >= 15 is 0 Å². The van der Waals surface area contributed by atoms with Gasteiger partial charge >= 0.3 is 0 Å². The molecule has 2 aromatic heterocycles. The molecule has 0 spiro atoms. The number of amides is 1. The van der Waals surface area contributed by atoms with E-state index in [9.17, 15) is 17.6 Å². The Balaban J connectivity index is 1.76. The van der Waals surface area contributed by atoms with Crippen LogP contribution < -0.4 is 5.32 Å². The van der Waals surface area contributed by atoms with Crippen LogP contribution in [0.5, 0.6) is 0 Å². The summed E-state index contributed by atoms with van der Waals surface area (Å²) in [6.07, 6.45) is 1.02. The van der Waals surface area contributed by atoms with Crippen LogP contribution in [0.4, 0.5) is 10.2 Å². The molecule has 2 aromatic carbocycles. The van der Waals surface area contributed by atoms with Gasteiger partial charge in [-0.3, -0.25) is 4.79 Å². The highest BCUT2D eigenvalue weighted by Gasteiger charge is 2.16. The van der Waals surface area contributed by atoms with Gasteiger partial charge in [-0.1, -0.05) is 30.3 Å². The van der Waals surface area contributed by atoms with Gasteiger partial charge in [-0.2, -0.15) is 0 Å². The van der Waals surface area contributed by atoms with E-state index in [1.54, 1.807) is 6.07 Å². The summed E-state index contributed by atoms with van der Waals surface area (Å²) in [6.45, 7) is 0. The van der Waals surface area contributed by atoms with E-state index in [0.717, 1.165) is 11.8 Å². The third-order valence-corrected chi connectivity index (χ3v) is 5.33. The van der Waals surface area contributed by atoms with Crippen LogP contribution in [-0.2, 0) is 9.84 Å². The Bertz CT molecular complexity index is 1360. The number of hydrogen-bond donors (Lipinski definition) is 1. The number of anilines is 1. The Kier molecular flexibility index (Phi) is 4.96. The summed E-state index contributed by atoms with van der Waals surface area (Å²) in [5.74, 6) is -0.887. The first-order valence-electron chi connectivity index (χ1n) is 8.82. The van der Waals surface area contributed by atoms with Gasteiger partial charge in [-0.05, 0) is 30.3 Å². The molecule has 0 atom stereocenters. The summed E-state index contributed by atoms with van der Waals surface area (Å²) in [7, 11) is -3.50. The van der Waals surface area contributed by atoms with E-state index in [0.29, 0.717) is 16.6 Å². The zero-order valence-electron chi connectivity index (χ0n) is 15.7. The van der Waals surface area contributed by atoms with Crippen molar-refractivity contribution in [3.05, 3.63) is 78.1 Å². The number of carbonyl (C=O) groups is 1. The van der Waals surface area contributed by atoms with E-state index < -0.39 is 21.6 Å². The van der Waals surface area contributed by atoms with E-state index in [4.69, 9.17) is 0 Å². The van der Waals surface area contributed by atoms with Crippen molar-refractivity contribution in [2.45, 2.75) is 5.03 Å². The second-order valence-electron chi connectivity index (χ2n) is 6.57. The normalized spacial score (nSPS) is 11.4. The summed E-state index contributed by atoms with van der Waals surface area (Å²) in [5, 5.41) is 10.2. The van der Waals surface area contributed by atoms with Crippen molar-refractivity contribution < 1.29 is 17.6 Å². The minimum atomic E-state index is -3.50. The third kappa shape index (κ3) is 4.01. The van der Waals surface area contributed by atoms with Crippen LogP contribution in [0.15, 0.2) is 71.8 Å². The topological polar surface area (TPSA) is 102 Å². The van der Waals surface area contributed by atoms with Gasteiger partial charge in [0.2, 0.25) is 0 Å². The predicted molar refractivity (Wildman–Crippen MR) is 110 cm³/mol. The smallest absolute Gasteiger partial charge is 0.257 e. The predicted octanol–water partition coefficient (Wildman–Crippen LogP) is 3.49. The zero-order chi connectivity index (χ0) is 21.3. The molecule has 9 heteroatoms. The number of nitrogens with zero attached hydrogens (tertiary/aromatic N) is 3. The molecule has 0 bridgehead atoms. The van der Waals surface area contributed by atoms with Gasteiger partial charge in [-0.25, -0.2) is 17.8 Å². The average Bonchev–Trinajstić information content (AvgIpc) is 2.73. The second kappa shape index (κ2) is 7.60. The number of pyridine rings is 1. The standard InChI is InChI=1S/C21H15FN4O3S/c1-30(28,29)20-10-9-19(25-26-20)24-21(27)16-12-17(13-5-3-2-4-6-13)23-18-11-14(22)7-8-15(16)18/h2-12H,1H3,(H,24,25,27). The largest absolute Gasteiger partial charge is 0.305 e. The van der Waals surface area contributed by atoms with Gasteiger partial charge < -0.3 is 5.32 Å². The molecule has 1 N–H and O–H groups in total. The molecule has 4 aromatic rings. The molecule has 0 aliphatic rings. The SMILES string of the molecule is CS(=O)(=O)c1ccc(NC(=O)c2cc(-c3ccccc3)nc3cc(F)ccc23)nn1. The second-order valence-corrected chi connectivity index (χ2v) is 8.53. The van der Waals surface area contributed by atoms with E-state index in [1.807, 2.05) is 30.3 Å². The molecule has 7 nitrogen and oxygen atoms in total. The lowest BCUT2D eigenvalue weighted by molar-refractivity contribution is 0.102. The van der Waals surface area contributed by atoms with Crippen LogP contribution in [0.3, 0.4) is 0 Å². The Morgan fingerprint density at radius 1 is 0.967 bits per heavy atom. The van der Waals surface area contributed by atoms with Gasteiger partial charge in [0.15, 0.2) is 20.7 Å². The summed E-state index contributed by atoms with van der Waals surface area (Å²) >= 11 is 0. The van der Waals surface area contributed by atoms with Crippen molar-refractivity contribution in [2.24, 2.45) is 0 Å². The fourth-order valence-corrected chi connectivity index (χ4v) is 3.42. The molecule has 0 aliphatic carbocycles. The monoisotopic (exact) mass is 422 g/mol. The van der Waals surface area contributed by atoms with Crippen LogP contribution in [0.2, 0.25) is 0 Å². The van der Waals surface area contributed by atoms with Crippen molar-refractivity contribution in [3.8, 4) is 11.3 Å². The van der Waals surface area contributed by atoms with Gasteiger partial charge in [0.25, 0.3) is 5.91 Å². The summed E-state index contributed by atoms with van der Waals surface area (Å²) < 4.78 is 36.8. The number of hydrogen-bond acceptors (Lipinski definition) is 6. The van der Waals surface area contributed by atoms with E-state index in [-0.39, 0.29) is 16.4 Å². The Morgan fingerprint density at radius 3 is 2.40 bits per heavy atom. The maximum Gasteiger partial charge on any atom is 0.257 e. The summed E-state index contributed by atoms with van der Waals surface area (Å²) in [6, 6.07) is 17.4. The molecular weight excluding hydrogens is 407 g/mol. The van der Waals surface area contributed by atoms with Crippen molar-refractivity contribution in [3.63, 3.8) is 0 Å². The van der Waals surface area contributed by atoms with Crippen LogP contribution >= 0.6 is 0 Å². The van der Waals surface area contributed by atoms with Gasteiger partial charge in [0.05, 0.1) is 16.8 Å².